The Bertz CT molecular complexity index is 191. The van der Waals surface area contributed by atoms with Gasteiger partial charge in [-0.15, -0.1) is 0 Å². The van der Waals surface area contributed by atoms with E-state index in [-0.39, 0.29) is 12.0 Å². The van der Waals surface area contributed by atoms with Gasteiger partial charge >= 0.3 is 5.97 Å². The molecule has 1 heterocycles. The van der Waals surface area contributed by atoms with Gasteiger partial charge in [-0.05, 0) is 39.4 Å². The molecule has 0 saturated carbocycles. The normalized spacial score (nSPS) is 19.1. The third-order valence-corrected chi connectivity index (χ3v) is 2.66. The van der Waals surface area contributed by atoms with Crippen LogP contribution in [-0.2, 0) is 9.53 Å². The van der Waals surface area contributed by atoms with Crippen LogP contribution < -0.4 is 5.32 Å². The lowest BCUT2D eigenvalue weighted by atomic mass is 10.2. The average molecular weight is 214 g/mol. The molecule has 0 spiro atoms. The number of esters is 1. The minimum atomic E-state index is -0.159. The number of carbonyl (C=O) groups excluding carboxylic acids is 1. The molecule has 0 aromatic heterocycles. The van der Waals surface area contributed by atoms with Gasteiger partial charge in [0.05, 0.1) is 6.61 Å². The van der Waals surface area contributed by atoms with E-state index in [4.69, 9.17) is 4.74 Å². The molecule has 1 N–H and O–H groups in total. The molecule has 1 aliphatic heterocycles. The molecule has 1 atom stereocenters. The maximum Gasteiger partial charge on any atom is 0.324 e. The first-order chi connectivity index (χ1) is 7.27. The van der Waals surface area contributed by atoms with Crippen LogP contribution in [0.25, 0.3) is 0 Å². The molecule has 1 unspecified atom stereocenters. The van der Waals surface area contributed by atoms with Gasteiger partial charge in [0.2, 0.25) is 0 Å². The van der Waals surface area contributed by atoms with E-state index in [9.17, 15) is 4.79 Å². The van der Waals surface area contributed by atoms with Gasteiger partial charge in [-0.3, -0.25) is 4.79 Å². The number of nitrogens with one attached hydrogen (secondary N) is 1. The first-order valence-electron chi connectivity index (χ1n) is 5.90. The molecule has 15 heavy (non-hydrogen) atoms. The van der Waals surface area contributed by atoms with Gasteiger partial charge in [0, 0.05) is 6.54 Å². The molecule has 4 heteroatoms. The summed E-state index contributed by atoms with van der Waals surface area (Å²) in [7, 11) is 0. The molecule has 0 amide bonds. The molecule has 0 aromatic rings. The second-order valence-corrected chi connectivity index (χ2v) is 3.87. The van der Waals surface area contributed by atoms with Gasteiger partial charge < -0.3 is 15.0 Å². The van der Waals surface area contributed by atoms with Gasteiger partial charge in [-0.1, -0.05) is 6.92 Å². The Labute approximate surface area is 92.0 Å². The van der Waals surface area contributed by atoms with Crippen LogP contribution in [0, 0.1) is 0 Å². The molecule has 1 rings (SSSR count). The molecule has 1 aliphatic rings. The highest BCUT2D eigenvalue weighted by atomic mass is 16.5. The van der Waals surface area contributed by atoms with Gasteiger partial charge in [-0.25, -0.2) is 0 Å². The lowest BCUT2D eigenvalue weighted by molar-refractivity contribution is -0.146. The largest absolute Gasteiger partial charge is 0.465 e. The van der Waals surface area contributed by atoms with Crippen LogP contribution in [0.1, 0.15) is 26.7 Å². The van der Waals surface area contributed by atoms with Crippen molar-refractivity contribution in [3.8, 4) is 0 Å². The van der Waals surface area contributed by atoms with Crippen LogP contribution in [0.15, 0.2) is 0 Å². The third-order valence-electron chi connectivity index (χ3n) is 2.66. The van der Waals surface area contributed by atoms with Crippen LogP contribution in [0.5, 0.6) is 0 Å². The summed E-state index contributed by atoms with van der Waals surface area (Å²) in [5.41, 5.74) is 0. The molecule has 0 aliphatic carbocycles. The fourth-order valence-electron chi connectivity index (χ4n) is 1.94. The van der Waals surface area contributed by atoms with Crippen molar-refractivity contribution in [2.45, 2.75) is 32.7 Å². The first-order valence-corrected chi connectivity index (χ1v) is 5.90. The van der Waals surface area contributed by atoms with E-state index in [1.807, 2.05) is 13.8 Å². The summed E-state index contributed by atoms with van der Waals surface area (Å²) < 4.78 is 5.04. The van der Waals surface area contributed by atoms with Crippen LogP contribution in [0.2, 0.25) is 0 Å². The fraction of sp³-hybridized carbons (Fsp3) is 0.909. The molecule has 0 radical (unpaired) electrons. The zero-order valence-electron chi connectivity index (χ0n) is 9.79. The fourth-order valence-corrected chi connectivity index (χ4v) is 1.94. The molecular formula is C11H22N2O2. The SMILES string of the molecule is CCNC(CN1CCCC1)C(=O)OCC. The second-order valence-electron chi connectivity index (χ2n) is 3.87. The van der Waals surface area contributed by atoms with Crippen molar-refractivity contribution in [2.24, 2.45) is 0 Å². The Balaban J connectivity index is 2.37. The van der Waals surface area contributed by atoms with Crippen molar-refractivity contribution in [1.29, 1.82) is 0 Å². The highest BCUT2D eigenvalue weighted by Crippen LogP contribution is 2.08. The monoisotopic (exact) mass is 214 g/mol. The number of rotatable bonds is 6. The molecule has 88 valence electrons. The van der Waals surface area contributed by atoms with E-state index in [1.54, 1.807) is 0 Å². The molecule has 0 bridgehead atoms. The lowest BCUT2D eigenvalue weighted by Crippen LogP contribution is -2.46. The Morgan fingerprint density at radius 2 is 2.07 bits per heavy atom. The third kappa shape index (κ3) is 4.18. The summed E-state index contributed by atoms with van der Waals surface area (Å²) in [5.74, 6) is -0.119. The minimum Gasteiger partial charge on any atom is -0.465 e. The van der Waals surface area contributed by atoms with Crippen molar-refractivity contribution in [2.75, 3.05) is 32.8 Å². The Morgan fingerprint density at radius 3 is 2.60 bits per heavy atom. The van der Waals surface area contributed by atoms with Gasteiger partial charge in [-0.2, -0.15) is 0 Å². The zero-order valence-corrected chi connectivity index (χ0v) is 9.79. The summed E-state index contributed by atoms with van der Waals surface area (Å²) in [6.07, 6.45) is 2.50. The predicted octanol–water partition coefficient (Wildman–Crippen LogP) is 0.623. The van der Waals surface area contributed by atoms with E-state index >= 15 is 0 Å². The number of hydrogen-bond acceptors (Lipinski definition) is 4. The van der Waals surface area contributed by atoms with Gasteiger partial charge in [0.15, 0.2) is 0 Å². The lowest BCUT2D eigenvalue weighted by Gasteiger charge is -2.22. The number of likely N-dealkylation sites (tertiary alicyclic amines) is 1. The maximum atomic E-state index is 11.6. The highest BCUT2D eigenvalue weighted by molar-refractivity contribution is 5.76. The summed E-state index contributed by atoms with van der Waals surface area (Å²) in [5, 5.41) is 3.18. The first kappa shape index (κ1) is 12.5. The molecule has 1 fully saturated rings. The summed E-state index contributed by atoms with van der Waals surface area (Å²) in [4.78, 5) is 13.9. The number of carbonyl (C=O) groups is 1. The van der Waals surface area contributed by atoms with Crippen molar-refractivity contribution < 1.29 is 9.53 Å². The smallest absolute Gasteiger partial charge is 0.324 e. The highest BCUT2D eigenvalue weighted by Gasteiger charge is 2.23. The van der Waals surface area contributed by atoms with Crippen molar-refractivity contribution in [3.05, 3.63) is 0 Å². The van der Waals surface area contributed by atoms with Crippen LogP contribution >= 0.6 is 0 Å². The van der Waals surface area contributed by atoms with E-state index < -0.39 is 0 Å². The van der Waals surface area contributed by atoms with Gasteiger partial charge in [0.25, 0.3) is 0 Å². The molecule has 4 nitrogen and oxygen atoms in total. The van der Waals surface area contributed by atoms with Crippen molar-refractivity contribution in [1.82, 2.24) is 10.2 Å². The number of ether oxygens (including phenoxy) is 1. The second kappa shape index (κ2) is 6.80. The minimum absolute atomic E-state index is 0.119. The van der Waals surface area contributed by atoms with E-state index in [1.165, 1.54) is 12.8 Å². The Hall–Kier alpha value is -0.610. The number of likely N-dealkylation sites (N-methyl/N-ethyl adjacent to an activating group) is 1. The quantitative estimate of drug-likeness (QED) is 0.658. The topological polar surface area (TPSA) is 41.6 Å². The average Bonchev–Trinajstić information content (AvgIpc) is 2.70. The number of nitrogens with zero attached hydrogens (tertiary/aromatic N) is 1. The van der Waals surface area contributed by atoms with Gasteiger partial charge in [0.1, 0.15) is 6.04 Å². The van der Waals surface area contributed by atoms with Crippen molar-refractivity contribution in [3.63, 3.8) is 0 Å². The summed E-state index contributed by atoms with van der Waals surface area (Å²) in [6.45, 7) is 8.13. The van der Waals surface area contributed by atoms with E-state index in [0.717, 1.165) is 26.2 Å². The number of hydrogen-bond donors (Lipinski definition) is 1. The van der Waals surface area contributed by atoms with Crippen LogP contribution in [0.4, 0.5) is 0 Å². The molecular weight excluding hydrogens is 192 g/mol. The van der Waals surface area contributed by atoms with Crippen LogP contribution in [-0.4, -0.2) is 49.7 Å². The van der Waals surface area contributed by atoms with Crippen LogP contribution in [0.3, 0.4) is 0 Å². The Kier molecular flexibility index (Phi) is 5.65. The zero-order chi connectivity index (χ0) is 11.1. The Morgan fingerprint density at radius 1 is 1.40 bits per heavy atom. The summed E-state index contributed by atoms with van der Waals surface area (Å²) >= 11 is 0. The molecule has 1 saturated heterocycles. The van der Waals surface area contributed by atoms with E-state index in [0.29, 0.717) is 6.61 Å². The maximum absolute atomic E-state index is 11.6. The van der Waals surface area contributed by atoms with E-state index in [2.05, 4.69) is 10.2 Å². The standard InChI is InChI=1S/C11H22N2O2/c1-3-12-10(11(14)15-4-2)9-13-7-5-6-8-13/h10,12H,3-9H2,1-2H3. The summed E-state index contributed by atoms with van der Waals surface area (Å²) in [6, 6.07) is -0.159. The molecule has 0 aromatic carbocycles. The predicted molar refractivity (Wildman–Crippen MR) is 59.8 cm³/mol. The van der Waals surface area contributed by atoms with Crippen molar-refractivity contribution >= 4 is 5.97 Å².